The number of rotatable bonds is 6. The molecule has 1 aromatic carbocycles. The van der Waals surface area contributed by atoms with Gasteiger partial charge in [0, 0.05) is 12.8 Å². The number of aromatic hydroxyl groups is 1. The van der Waals surface area contributed by atoms with Crippen molar-refractivity contribution in [1.82, 2.24) is 0 Å². The second kappa shape index (κ2) is 6.03. The van der Waals surface area contributed by atoms with E-state index in [-0.39, 0.29) is 24.4 Å². The number of Topliss-reactive ketones (excluding diaryl/α,β-unsaturated/α-hetero) is 1. The standard InChI is InChI=1S/C13H16O4/c1-9-6-7-12(15)10(8-9)11(14)4-2-3-5-13(16)17/h6-8,15H,2-5H2,1H3,(H,16,17). The molecule has 17 heavy (non-hydrogen) atoms. The number of carbonyl (C=O) groups is 2. The van der Waals surface area contributed by atoms with Crippen LogP contribution < -0.4 is 0 Å². The summed E-state index contributed by atoms with van der Waals surface area (Å²) in [7, 11) is 0. The number of aliphatic carboxylic acids is 1. The van der Waals surface area contributed by atoms with Crippen molar-refractivity contribution in [3.05, 3.63) is 29.3 Å². The molecule has 0 amide bonds. The minimum Gasteiger partial charge on any atom is -0.507 e. The second-order valence-corrected chi connectivity index (χ2v) is 4.04. The summed E-state index contributed by atoms with van der Waals surface area (Å²) in [6.07, 6.45) is 1.35. The summed E-state index contributed by atoms with van der Waals surface area (Å²) in [5.74, 6) is -1.01. The van der Waals surface area contributed by atoms with E-state index in [9.17, 15) is 14.7 Å². The van der Waals surface area contributed by atoms with E-state index in [2.05, 4.69) is 0 Å². The van der Waals surface area contributed by atoms with Gasteiger partial charge in [0.1, 0.15) is 5.75 Å². The van der Waals surface area contributed by atoms with E-state index in [1.165, 1.54) is 6.07 Å². The van der Waals surface area contributed by atoms with Gasteiger partial charge in [0.15, 0.2) is 5.78 Å². The van der Waals surface area contributed by atoms with Crippen LogP contribution in [0.25, 0.3) is 0 Å². The quantitative estimate of drug-likeness (QED) is 0.588. The minimum atomic E-state index is -0.851. The SMILES string of the molecule is Cc1ccc(O)c(C(=O)CCCCC(=O)O)c1. The molecule has 0 heterocycles. The first-order valence-corrected chi connectivity index (χ1v) is 5.55. The summed E-state index contributed by atoms with van der Waals surface area (Å²) in [4.78, 5) is 22.0. The lowest BCUT2D eigenvalue weighted by Gasteiger charge is -2.04. The molecule has 92 valence electrons. The Kier molecular flexibility index (Phi) is 4.69. The van der Waals surface area contributed by atoms with E-state index < -0.39 is 5.97 Å². The molecule has 0 aliphatic heterocycles. The lowest BCUT2D eigenvalue weighted by molar-refractivity contribution is -0.137. The predicted molar refractivity (Wildman–Crippen MR) is 63.3 cm³/mol. The molecule has 0 aliphatic rings. The first kappa shape index (κ1) is 13.2. The Hall–Kier alpha value is -1.84. The molecule has 0 unspecified atom stereocenters. The van der Waals surface area contributed by atoms with Gasteiger partial charge in [-0.3, -0.25) is 9.59 Å². The fraction of sp³-hybridized carbons (Fsp3) is 0.385. The first-order chi connectivity index (χ1) is 8.00. The third kappa shape index (κ3) is 4.26. The van der Waals surface area contributed by atoms with Crippen molar-refractivity contribution in [3.8, 4) is 5.75 Å². The summed E-state index contributed by atoms with van der Waals surface area (Å²) in [5.41, 5.74) is 1.23. The van der Waals surface area contributed by atoms with Crippen molar-refractivity contribution in [2.45, 2.75) is 32.6 Å². The monoisotopic (exact) mass is 236 g/mol. The molecular formula is C13H16O4. The summed E-state index contributed by atoms with van der Waals surface area (Å²) in [6, 6.07) is 4.88. The summed E-state index contributed by atoms with van der Waals surface area (Å²) >= 11 is 0. The van der Waals surface area contributed by atoms with Crippen molar-refractivity contribution < 1.29 is 19.8 Å². The number of carboxylic acids is 1. The number of phenols is 1. The van der Waals surface area contributed by atoms with E-state index in [0.29, 0.717) is 18.4 Å². The van der Waals surface area contributed by atoms with Gasteiger partial charge in [0.25, 0.3) is 0 Å². The molecule has 1 rings (SSSR count). The lowest BCUT2D eigenvalue weighted by atomic mass is 10.0. The Morgan fingerprint density at radius 3 is 2.47 bits per heavy atom. The van der Waals surface area contributed by atoms with Crippen LogP contribution in [0, 0.1) is 6.92 Å². The highest BCUT2D eigenvalue weighted by Gasteiger charge is 2.11. The highest BCUT2D eigenvalue weighted by Crippen LogP contribution is 2.20. The van der Waals surface area contributed by atoms with Gasteiger partial charge in [0.2, 0.25) is 0 Å². The number of hydrogen-bond donors (Lipinski definition) is 2. The molecule has 0 saturated heterocycles. The average molecular weight is 236 g/mol. The van der Waals surface area contributed by atoms with Crippen LogP contribution in [0.2, 0.25) is 0 Å². The Morgan fingerprint density at radius 1 is 1.18 bits per heavy atom. The number of aryl methyl sites for hydroxylation is 1. The summed E-state index contributed by atoms with van der Waals surface area (Å²) in [5, 5.41) is 18.0. The predicted octanol–water partition coefficient (Wildman–Crippen LogP) is 2.53. The average Bonchev–Trinajstić information content (AvgIpc) is 2.27. The van der Waals surface area contributed by atoms with Gasteiger partial charge in [-0.1, -0.05) is 11.6 Å². The second-order valence-electron chi connectivity index (χ2n) is 4.04. The molecule has 2 N–H and O–H groups in total. The molecular weight excluding hydrogens is 220 g/mol. The molecule has 0 saturated carbocycles. The van der Waals surface area contributed by atoms with Crippen molar-refractivity contribution in [2.24, 2.45) is 0 Å². The molecule has 4 nitrogen and oxygen atoms in total. The van der Waals surface area contributed by atoms with Crippen molar-refractivity contribution in [2.75, 3.05) is 0 Å². The number of benzene rings is 1. The maximum Gasteiger partial charge on any atom is 0.303 e. The molecule has 0 aliphatic carbocycles. The van der Waals surface area contributed by atoms with Crippen molar-refractivity contribution in [1.29, 1.82) is 0 Å². The number of carbonyl (C=O) groups excluding carboxylic acids is 1. The minimum absolute atomic E-state index is 0.0150. The Labute approximate surface area is 99.9 Å². The third-order valence-corrected chi connectivity index (χ3v) is 2.50. The largest absolute Gasteiger partial charge is 0.507 e. The number of hydrogen-bond acceptors (Lipinski definition) is 3. The zero-order valence-corrected chi connectivity index (χ0v) is 9.77. The summed E-state index contributed by atoms with van der Waals surface area (Å²) < 4.78 is 0. The number of phenolic OH excluding ortho intramolecular Hbond substituents is 1. The van der Waals surface area contributed by atoms with E-state index in [1.807, 2.05) is 6.92 Å². The van der Waals surface area contributed by atoms with Crippen LogP contribution in [-0.2, 0) is 4.79 Å². The molecule has 0 radical (unpaired) electrons. The van der Waals surface area contributed by atoms with Gasteiger partial charge in [-0.15, -0.1) is 0 Å². The molecule has 0 atom stereocenters. The van der Waals surface area contributed by atoms with Crippen LogP contribution in [-0.4, -0.2) is 22.0 Å². The molecule has 1 aromatic rings. The first-order valence-electron chi connectivity index (χ1n) is 5.55. The van der Waals surface area contributed by atoms with Gasteiger partial charge in [-0.05, 0) is 31.9 Å². The van der Waals surface area contributed by atoms with Crippen LogP contribution in [0.5, 0.6) is 5.75 Å². The molecule has 0 bridgehead atoms. The number of ketones is 1. The highest BCUT2D eigenvalue weighted by molar-refractivity contribution is 5.98. The Bertz CT molecular complexity index is 423. The van der Waals surface area contributed by atoms with Crippen LogP contribution in [0.4, 0.5) is 0 Å². The van der Waals surface area contributed by atoms with E-state index >= 15 is 0 Å². The highest BCUT2D eigenvalue weighted by atomic mass is 16.4. The number of unbranched alkanes of at least 4 members (excludes halogenated alkanes) is 1. The molecule has 0 aromatic heterocycles. The Balaban J connectivity index is 2.52. The van der Waals surface area contributed by atoms with Gasteiger partial charge in [0.05, 0.1) is 5.56 Å². The normalized spacial score (nSPS) is 10.2. The van der Waals surface area contributed by atoms with Crippen molar-refractivity contribution in [3.63, 3.8) is 0 Å². The van der Waals surface area contributed by atoms with Gasteiger partial charge < -0.3 is 10.2 Å². The van der Waals surface area contributed by atoms with E-state index in [0.717, 1.165) is 5.56 Å². The lowest BCUT2D eigenvalue weighted by Crippen LogP contribution is -2.01. The van der Waals surface area contributed by atoms with Crippen LogP contribution in [0.15, 0.2) is 18.2 Å². The molecule has 4 heteroatoms. The molecule has 0 spiro atoms. The van der Waals surface area contributed by atoms with Crippen LogP contribution >= 0.6 is 0 Å². The Morgan fingerprint density at radius 2 is 1.82 bits per heavy atom. The topological polar surface area (TPSA) is 74.6 Å². The third-order valence-electron chi connectivity index (χ3n) is 2.50. The zero-order chi connectivity index (χ0) is 12.8. The van der Waals surface area contributed by atoms with E-state index in [4.69, 9.17) is 5.11 Å². The summed E-state index contributed by atoms with van der Waals surface area (Å²) in [6.45, 7) is 1.85. The van der Waals surface area contributed by atoms with Gasteiger partial charge in [-0.2, -0.15) is 0 Å². The van der Waals surface area contributed by atoms with Crippen LogP contribution in [0.3, 0.4) is 0 Å². The maximum atomic E-state index is 11.8. The van der Waals surface area contributed by atoms with Gasteiger partial charge >= 0.3 is 5.97 Å². The fourth-order valence-electron chi connectivity index (χ4n) is 1.57. The maximum absolute atomic E-state index is 11.8. The molecule has 0 fully saturated rings. The van der Waals surface area contributed by atoms with E-state index in [1.54, 1.807) is 12.1 Å². The van der Waals surface area contributed by atoms with Crippen LogP contribution in [0.1, 0.15) is 41.6 Å². The van der Waals surface area contributed by atoms with Gasteiger partial charge in [-0.25, -0.2) is 0 Å². The fourth-order valence-corrected chi connectivity index (χ4v) is 1.57. The smallest absolute Gasteiger partial charge is 0.303 e. The number of carboxylic acid groups (broad SMARTS) is 1. The van der Waals surface area contributed by atoms with Crippen molar-refractivity contribution >= 4 is 11.8 Å². The zero-order valence-electron chi connectivity index (χ0n) is 9.77.